The van der Waals surface area contributed by atoms with Gasteiger partial charge in [-0.15, -0.1) is 0 Å². The van der Waals surface area contributed by atoms with Gasteiger partial charge in [0.15, 0.2) is 0 Å². The van der Waals surface area contributed by atoms with Gasteiger partial charge in [-0.05, 0) is 39.0 Å². The molecule has 0 aliphatic rings. The van der Waals surface area contributed by atoms with E-state index in [2.05, 4.69) is 27.6 Å². The molecule has 0 radical (unpaired) electrons. The summed E-state index contributed by atoms with van der Waals surface area (Å²) in [5.41, 5.74) is 0.492. The van der Waals surface area contributed by atoms with Crippen LogP contribution in [0.2, 0.25) is 0 Å². The van der Waals surface area contributed by atoms with E-state index in [-0.39, 0.29) is 5.97 Å². The van der Waals surface area contributed by atoms with Gasteiger partial charge in [-0.1, -0.05) is 103 Å². The molecule has 0 aromatic rings. The highest BCUT2D eigenvalue weighted by Gasteiger charge is 2.13. The average molecular weight is 453 g/mol. The quantitative estimate of drug-likeness (QED) is 0.0634. The predicted octanol–water partition coefficient (Wildman–Crippen LogP) is 8.61. The normalized spacial score (nSPS) is 11.6. The molecule has 0 aliphatic carbocycles. The zero-order valence-corrected chi connectivity index (χ0v) is 22.5. The van der Waals surface area contributed by atoms with E-state index in [1.807, 2.05) is 0 Å². The van der Waals surface area contributed by atoms with Crippen molar-refractivity contribution in [2.45, 2.75) is 136 Å². The fourth-order valence-electron chi connectivity index (χ4n) is 4.31. The van der Waals surface area contributed by atoms with E-state index in [9.17, 15) is 4.79 Å². The molecule has 0 saturated carbocycles. The molecule has 0 aromatic carbocycles. The van der Waals surface area contributed by atoms with Crippen molar-refractivity contribution in [1.29, 1.82) is 0 Å². The molecule has 0 spiro atoms. The molecule has 0 rings (SSSR count). The Morgan fingerprint density at radius 1 is 0.625 bits per heavy atom. The molecule has 3 nitrogen and oxygen atoms in total. The third-order valence-electron chi connectivity index (χ3n) is 6.61. The van der Waals surface area contributed by atoms with Crippen molar-refractivity contribution >= 4 is 5.97 Å². The largest absolute Gasteiger partial charge is 0.462 e. The van der Waals surface area contributed by atoms with Gasteiger partial charge < -0.3 is 9.22 Å². The maximum Gasteiger partial charge on any atom is 0.333 e. The van der Waals surface area contributed by atoms with Crippen LogP contribution in [0.25, 0.3) is 0 Å². The zero-order valence-electron chi connectivity index (χ0n) is 22.5. The van der Waals surface area contributed by atoms with Gasteiger partial charge >= 0.3 is 5.97 Å². The average Bonchev–Trinajstić information content (AvgIpc) is 2.75. The first-order chi connectivity index (χ1) is 15.4. The number of unbranched alkanes of at least 4 members (excludes halogenated alkanes) is 17. The van der Waals surface area contributed by atoms with Crippen LogP contribution in [0, 0.1) is 0 Å². The van der Waals surface area contributed by atoms with Crippen LogP contribution in [0.1, 0.15) is 136 Å². The van der Waals surface area contributed by atoms with Gasteiger partial charge in [0.25, 0.3) is 0 Å². The molecule has 0 aliphatic heterocycles. The van der Waals surface area contributed by atoms with Gasteiger partial charge in [0.1, 0.15) is 0 Å². The molecular weight excluding hydrogens is 394 g/mol. The van der Waals surface area contributed by atoms with E-state index in [0.717, 1.165) is 12.8 Å². The number of quaternary nitrogens is 1. The standard InChI is InChI=1S/C29H58NO2/c1-6-7-8-9-10-11-13-16-19-22-25-30(4,5)26-23-20-17-14-12-15-18-21-24-27-32-29(31)28(2)3/h2,6-27H2,1,3-5H3/q+1. The minimum Gasteiger partial charge on any atom is -0.462 e. The summed E-state index contributed by atoms with van der Waals surface area (Å²) in [6.45, 7) is 10.8. The molecule has 0 saturated heterocycles. The number of rotatable bonds is 24. The SMILES string of the molecule is C=C(C)C(=O)OCCCCCCCCCCC[N+](C)(C)CCCCCCCCCCCC. The number of nitrogens with zero attached hydrogens (tertiary/aromatic N) is 1. The highest BCUT2D eigenvalue weighted by atomic mass is 16.5. The molecule has 0 atom stereocenters. The zero-order chi connectivity index (χ0) is 23.9. The lowest BCUT2D eigenvalue weighted by atomic mass is 10.1. The molecule has 0 fully saturated rings. The van der Waals surface area contributed by atoms with Gasteiger partial charge in [-0.25, -0.2) is 4.79 Å². The summed E-state index contributed by atoms with van der Waals surface area (Å²) in [6.07, 6.45) is 25.9. The lowest BCUT2D eigenvalue weighted by Crippen LogP contribution is -2.41. The van der Waals surface area contributed by atoms with Crippen molar-refractivity contribution in [3.8, 4) is 0 Å². The summed E-state index contributed by atoms with van der Waals surface area (Å²) < 4.78 is 6.33. The lowest BCUT2D eigenvalue weighted by molar-refractivity contribution is -0.890. The van der Waals surface area contributed by atoms with Crippen molar-refractivity contribution in [2.75, 3.05) is 33.8 Å². The molecule has 0 aromatic heterocycles. The molecule has 0 heterocycles. The van der Waals surface area contributed by atoms with Crippen LogP contribution in [0.4, 0.5) is 0 Å². The number of carbonyl (C=O) groups is 1. The van der Waals surface area contributed by atoms with E-state index < -0.39 is 0 Å². The maximum absolute atomic E-state index is 11.3. The minimum atomic E-state index is -0.254. The Kier molecular flexibility index (Phi) is 21.4. The summed E-state index contributed by atoms with van der Waals surface area (Å²) >= 11 is 0. The van der Waals surface area contributed by atoms with Crippen molar-refractivity contribution < 1.29 is 14.0 Å². The number of esters is 1. The molecule has 0 N–H and O–H groups in total. The van der Waals surface area contributed by atoms with E-state index >= 15 is 0 Å². The summed E-state index contributed by atoms with van der Waals surface area (Å²) in [6, 6.07) is 0. The van der Waals surface area contributed by atoms with Gasteiger partial charge in [0.2, 0.25) is 0 Å². The molecular formula is C29H58NO2+. The van der Waals surface area contributed by atoms with Crippen LogP contribution < -0.4 is 0 Å². The monoisotopic (exact) mass is 452 g/mol. The Morgan fingerprint density at radius 2 is 0.969 bits per heavy atom. The highest BCUT2D eigenvalue weighted by Crippen LogP contribution is 2.14. The van der Waals surface area contributed by atoms with Crippen LogP contribution in [-0.2, 0) is 9.53 Å². The van der Waals surface area contributed by atoms with Crippen LogP contribution >= 0.6 is 0 Å². The molecule has 190 valence electrons. The topological polar surface area (TPSA) is 26.3 Å². The minimum absolute atomic E-state index is 0.254. The van der Waals surface area contributed by atoms with Crippen molar-refractivity contribution in [3.63, 3.8) is 0 Å². The van der Waals surface area contributed by atoms with Crippen molar-refractivity contribution in [3.05, 3.63) is 12.2 Å². The van der Waals surface area contributed by atoms with E-state index in [1.54, 1.807) is 6.92 Å². The first kappa shape index (κ1) is 31.2. The van der Waals surface area contributed by atoms with Gasteiger partial charge in [0, 0.05) is 5.57 Å². The second-order valence-corrected chi connectivity index (χ2v) is 10.7. The third-order valence-corrected chi connectivity index (χ3v) is 6.61. The van der Waals surface area contributed by atoms with Crippen LogP contribution in [-0.4, -0.2) is 44.2 Å². The predicted molar refractivity (Wildman–Crippen MR) is 141 cm³/mol. The van der Waals surface area contributed by atoms with E-state index in [4.69, 9.17) is 4.74 Å². The second kappa shape index (κ2) is 22.0. The van der Waals surface area contributed by atoms with Crippen LogP contribution in [0.3, 0.4) is 0 Å². The molecule has 0 bridgehead atoms. The van der Waals surface area contributed by atoms with Crippen molar-refractivity contribution in [1.82, 2.24) is 0 Å². The van der Waals surface area contributed by atoms with Gasteiger partial charge in [-0.2, -0.15) is 0 Å². The Hall–Kier alpha value is -0.830. The van der Waals surface area contributed by atoms with E-state index in [0.29, 0.717) is 12.2 Å². The summed E-state index contributed by atoms with van der Waals surface area (Å²) in [5, 5.41) is 0. The highest BCUT2D eigenvalue weighted by molar-refractivity contribution is 5.86. The Labute approximate surface area is 202 Å². The fourth-order valence-corrected chi connectivity index (χ4v) is 4.31. The number of ether oxygens (including phenoxy) is 1. The molecule has 0 amide bonds. The van der Waals surface area contributed by atoms with Gasteiger partial charge in [-0.3, -0.25) is 0 Å². The molecule has 3 heteroatoms. The third kappa shape index (κ3) is 22.4. The Bertz CT molecular complexity index is 444. The summed E-state index contributed by atoms with van der Waals surface area (Å²) in [5.74, 6) is -0.254. The molecule has 32 heavy (non-hydrogen) atoms. The lowest BCUT2D eigenvalue weighted by Gasteiger charge is -2.30. The first-order valence-corrected chi connectivity index (χ1v) is 14.0. The number of hydrogen-bond donors (Lipinski definition) is 0. The van der Waals surface area contributed by atoms with E-state index in [1.165, 1.54) is 127 Å². The second-order valence-electron chi connectivity index (χ2n) is 10.7. The van der Waals surface area contributed by atoms with Crippen LogP contribution in [0.15, 0.2) is 12.2 Å². The first-order valence-electron chi connectivity index (χ1n) is 14.0. The van der Waals surface area contributed by atoms with Gasteiger partial charge in [0.05, 0.1) is 33.8 Å². The maximum atomic E-state index is 11.3. The van der Waals surface area contributed by atoms with Crippen LogP contribution in [0.5, 0.6) is 0 Å². The number of hydrogen-bond acceptors (Lipinski definition) is 2. The Morgan fingerprint density at radius 3 is 1.34 bits per heavy atom. The molecule has 0 unspecified atom stereocenters. The summed E-state index contributed by atoms with van der Waals surface area (Å²) in [4.78, 5) is 11.3. The fraction of sp³-hybridized carbons (Fsp3) is 0.897. The smallest absolute Gasteiger partial charge is 0.333 e. The summed E-state index contributed by atoms with van der Waals surface area (Å²) in [7, 11) is 4.84. The Balaban J connectivity index is 3.35. The van der Waals surface area contributed by atoms with Crippen molar-refractivity contribution in [2.24, 2.45) is 0 Å². The number of carbonyl (C=O) groups excluding carboxylic acids is 1.